The molecule has 10 atom stereocenters. The van der Waals surface area contributed by atoms with Crippen molar-refractivity contribution in [3.05, 3.63) is 136 Å². The summed E-state index contributed by atoms with van der Waals surface area (Å²) in [6.45, 7) is 6.56. The molecule has 1 aliphatic heterocycles. The molecular formula is C66H85Cl2N15O13. The summed E-state index contributed by atoms with van der Waals surface area (Å²) >= 11 is 12.1. The van der Waals surface area contributed by atoms with Gasteiger partial charge in [-0.15, -0.1) is 0 Å². The van der Waals surface area contributed by atoms with E-state index in [4.69, 9.17) is 40.4 Å². The number of nitrogens with zero attached hydrogens (tertiary/aromatic N) is 2. The van der Waals surface area contributed by atoms with E-state index in [1.165, 1.54) is 49.9 Å². The molecule has 2 heterocycles. The van der Waals surface area contributed by atoms with Gasteiger partial charge >= 0.3 is 0 Å². The molecule has 0 bridgehead atoms. The average molecular weight is 1370 g/mol. The number of hydrogen-bond donors (Lipinski definition) is 15. The summed E-state index contributed by atoms with van der Waals surface area (Å²) in [5, 5.41) is 45.5. The number of aromatic hydroxyl groups is 1. The van der Waals surface area contributed by atoms with Gasteiger partial charge in [0.05, 0.1) is 12.6 Å². The first-order valence-corrected chi connectivity index (χ1v) is 32.1. The highest BCUT2D eigenvalue weighted by Gasteiger charge is 2.40. The van der Waals surface area contributed by atoms with Crippen molar-refractivity contribution in [1.82, 2.24) is 57.7 Å². The monoisotopic (exact) mass is 1370 g/mol. The number of nitrogens with one attached hydrogen (secondary N) is 10. The number of aliphatic hydroxyl groups excluding tert-OH is 1. The van der Waals surface area contributed by atoms with Gasteiger partial charge in [0, 0.05) is 66.4 Å². The van der Waals surface area contributed by atoms with Crippen molar-refractivity contribution in [2.45, 2.75) is 153 Å². The van der Waals surface area contributed by atoms with E-state index < -0.39 is 132 Å². The minimum absolute atomic E-state index is 0.0154. The third-order valence-electron chi connectivity index (χ3n) is 15.8. The minimum Gasteiger partial charge on any atom is -0.508 e. The van der Waals surface area contributed by atoms with Crippen molar-refractivity contribution in [2.75, 3.05) is 19.7 Å². The second-order valence-corrected chi connectivity index (χ2v) is 24.9. The zero-order valence-corrected chi connectivity index (χ0v) is 55.4. The molecule has 0 aliphatic carbocycles. The maximum absolute atomic E-state index is 14.6. The predicted molar refractivity (Wildman–Crippen MR) is 359 cm³/mol. The Morgan fingerprint density at radius 3 is 1.71 bits per heavy atom. The van der Waals surface area contributed by atoms with Gasteiger partial charge in [-0.2, -0.15) is 0 Å². The number of carbonyl (C=O) groups excluding carboxylic acids is 11. The lowest BCUT2D eigenvalue weighted by atomic mass is 10.0. The number of likely N-dealkylation sites (tertiary alicyclic amines) is 1. The van der Waals surface area contributed by atoms with Crippen LogP contribution >= 0.6 is 23.2 Å². The number of phenols is 1. The molecule has 1 saturated heterocycles. The fourth-order valence-electron chi connectivity index (χ4n) is 10.7. The van der Waals surface area contributed by atoms with Crippen LogP contribution in [0.25, 0.3) is 10.9 Å². The number of guanidine groups is 1. The molecule has 18 N–H and O–H groups in total. The number of halogens is 2. The summed E-state index contributed by atoms with van der Waals surface area (Å²) in [5.41, 5.74) is 20.6. The van der Waals surface area contributed by atoms with Crippen LogP contribution in [-0.2, 0) is 78.4 Å². The Morgan fingerprint density at radius 1 is 0.594 bits per heavy atom. The lowest BCUT2D eigenvalue weighted by Gasteiger charge is -2.31. The van der Waals surface area contributed by atoms with Gasteiger partial charge in [-0.25, -0.2) is 0 Å². The molecule has 0 radical (unpaired) electrons. The Labute approximate surface area is 565 Å². The average Bonchev–Trinajstić information content (AvgIpc) is 1.63. The SMILES string of the molecule is CC(=O)N[C@H](Cc1ccc(Cl)cc1)C(=O)NC(=O)[C@@H](C)NC(=O)[C@@H]1CCCN1C(=O)[C@H](CCCN=C(N)N)NC(=O)[C@H](CC(C)C)NC(=O)[C@@H](C)NC(=O)[C@H](Cc1ccc(O)cc1)NC(=O)[C@H](CO)NC(=O)[C@@H](Cc1c[nH]c2ccccc12)NC(=O)[C@H](N)Cc1ccc(Cl)cc1. The van der Waals surface area contributed by atoms with E-state index in [-0.39, 0.29) is 82.1 Å². The quantitative estimate of drug-likeness (QED) is 0.0154. The van der Waals surface area contributed by atoms with Crippen LogP contribution in [0.15, 0.2) is 108 Å². The molecule has 1 aromatic heterocycles. The number of amides is 11. The topological polar surface area (TPSA) is 446 Å². The number of fused-ring (bicyclic) bond motifs is 1. The zero-order chi connectivity index (χ0) is 70.3. The highest BCUT2D eigenvalue weighted by atomic mass is 35.5. The van der Waals surface area contributed by atoms with Crippen molar-refractivity contribution in [3.63, 3.8) is 0 Å². The number of rotatable bonds is 33. The van der Waals surface area contributed by atoms with Crippen LogP contribution in [0, 0.1) is 5.92 Å². The number of aliphatic hydroxyl groups is 1. The van der Waals surface area contributed by atoms with E-state index in [1.54, 1.807) is 74.6 Å². The first-order valence-electron chi connectivity index (χ1n) is 31.4. The van der Waals surface area contributed by atoms with Crippen LogP contribution in [0.2, 0.25) is 10.0 Å². The number of aliphatic imine (C=N–C) groups is 1. The van der Waals surface area contributed by atoms with Gasteiger partial charge in [-0.1, -0.05) is 91.6 Å². The molecule has 1 aliphatic rings. The normalized spacial score (nSPS) is 15.6. The molecule has 11 amide bonds. The Kier molecular flexibility index (Phi) is 28.5. The second-order valence-electron chi connectivity index (χ2n) is 24.0. The van der Waals surface area contributed by atoms with Crippen LogP contribution in [0.5, 0.6) is 5.75 Å². The number of aromatic amines is 1. The second kappa shape index (κ2) is 36.3. The number of aromatic nitrogens is 1. The molecule has 516 valence electrons. The van der Waals surface area contributed by atoms with Crippen molar-refractivity contribution < 1.29 is 63.0 Å². The maximum Gasteiger partial charge on any atom is 0.249 e. The predicted octanol–water partition coefficient (Wildman–Crippen LogP) is 0.442. The van der Waals surface area contributed by atoms with Gasteiger partial charge < -0.3 is 79.8 Å². The molecule has 5 aromatic rings. The van der Waals surface area contributed by atoms with E-state index in [0.29, 0.717) is 38.7 Å². The fourth-order valence-corrected chi connectivity index (χ4v) is 11.0. The van der Waals surface area contributed by atoms with E-state index >= 15 is 0 Å². The van der Waals surface area contributed by atoms with Crippen molar-refractivity contribution in [2.24, 2.45) is 28.1 Å². The van der Waals surface area contributed by atoms with E-state index in [9.17, 15) is 63.0 Å². The Morgan fingerprint density at radius 2 is 1.10 bits per heavy atom. The van der Waals surface area contributed by atoms with Gasteiger partial charge in [0.1, 0.15) is 60.1 Å². The van der Waals surface area contributed by atoms with Gasteiger partial charge in [0.2, 0.25) is 65.0 Å². The largest absolute Gasteiger partial charge is 0.508 e. The molecule has 4 aromatic carbocycles. The Bertz CT molecular complexity index is 3590. The van der Waals surface area contributed by atoms with Gasteiger partial charge in [0.25, 0.3) is 0 Å². The van der Waals surface area contributed by atoms with Crippen molar-refractivity contribution in [1.29, 1.82) is 0 Å². The Balaban J connectivity index is 1.13. The molecule has 30 heteroatoms. The number of carbonyl (C=O) groups is 11. The molecule has 0 spiro atoms. The van der Waals surface area contributed by atoms with Crippen LogP contribution in [-0.4, -0.2) is 171 Å². The molecular weight excluding hydrogens is 1280 g/mol. The summed E-state index contributed by atoms with van der Waals surface area (Å²) in [6.07, 6.45) is 2.08. The summed E-state index contributed by atoms with van der Waals surface area (Å²) in [6, 6.07) is 12.8. The number of benzene rings is 4. The number of imide groups is 1. The van der Waals surface area contributed by atoms with E-state index in [2.05, 4.69) is 57.8 Å². The third-order valence-corrected chi connectivity index (χ3v) is 16.3. The molecule has 0 saturated carbocycles. The fraction of sp³-hybridized carbons (Fsp3) is 0.424. The number of para-hydroxylation sites is 1. The van der Waals surface area contributed by atoms with Crippen LogP contribution < -0.4 is 65.1 Å². The molecule has 6 rings (SSSR count). The van der Waals surface area contributed by atoms with E-state index in [0.717, 1.165) is 10.9 Å². The van der Waals surface area contributed by atoms with Crippen LogP contribution in [0.4, 0.5) is 0 Å². The van der Waals surface area contributed by atoms with Gasteiger partial charge in [-0.3, -0.25) is 63.0 Å². The minimum atomic E-state index is -1.71. The summed E-state index contributed by atoms with van der Waals surface area (Å²) in [5.74, 6) is -9.47. The lowest BCUT2D eigenvalue weighted by Crippen LogP contribution is -2.61. The molecule has 1 fully saturated rings. The van der Waals surface area contributed by atoms with Crippen LogP contribution in [0.3, 0.4) is 0 Å². The standard InChI is InChI=1S/C66H85Cl2N15O13/c1-35(2)28-50(60(91)77-49(12-8-26-72-66(70)71)65(96)83-27-9-13-55(83)64(95)75-37(4)57(88)82-62(93)51(76-38(5)85)30-40-16-22-44(68)23-17-40)78-56(87)36(3)74-59(90)52(31-41-18-24-45(86)25-19-41)80-63(94)54(34-84)81-61(92)53(32-42-33-73-48-11-7-6-10-46(42)48)79-58(89)47(69)29-39-14-20-43(67)21-15-39/h6-7,10-11,14-25,33,35-37,47,49-55,73,84,86H,8-9,12-13,26-32,34,69H2,1-5H3,(H,74,90)(H,75,95)(H,76,85)(H,77,91)(H,78,87)(H,79,89)(H,80,94)(H,81,92)(H4,70,71,72)(H,82,88,93)/t36-,37-,47-,49+,50+,51-,52+,53-,54+,55+/m1/s1. The van der Waals surface area contributed by atoms with Crippen molar-refractivity contribution >= 4 is 105 Å². The lowest BCUT2D eigenvalue weighted by molar-refractivity contribution is -0.143. The summed E-state index contributed by atoms with van der Waals surface area (Å²) in [4.78, 5) is 161. The molecule has 28 nitrogen and oxygen atoms in total. The highest BCUT2D eigenvalue weighted by molar-refractivity contribution is 6.30. The molecule has 0 unspecified atom stereocenters. The highest BCUT2D eigenvalue weighted by Crippen LogP contribution is 2.23. The number of phenolic OH excluding ortho intramolecular Hbond substituents is 1. The number of H-pyrrole nitrogens is 1. The number of nitrogens with two attached hydrogens (primary N) is 3. The van der Waals surface area contributed by atoms with Gasteiger partial charge in [-0.05, 0) is 123 Å². The number of hydrogen-bond acceptors (Lipinski definition) is 15. The maximum atomic E-state index is 14.6. The first-order chi connectivity index (χ1) is 45.6. The zero-order valence-electron chi connectivity index (χ0n) is 53.9. The Hall–Kier alpha value is -9.64. The third kappa shape index (κ3) is 23.1. The summed E-state index contributed by atoms with van der Waals surface area (Å²) < 4.78 is 0. The summed E-state index contributed by atoms with van der Waals surface area (Å²) in [7, 11) is 0. The van der Waals surface area contributed by atoms with Gasteiger partial charge in [0.15, 0.2) is 5.96 Å². The van der Waals surface area contributed by atoms with Crippen LogP contribution in [0.1, 0.15) is 89.0 Å². The van der Waals surface area contributed by atoms with Crippen molar-refractivity contribution in [3.8, 4) is 5.75 Å². The smallest absolute Gasteiger partial charge is 0.249 e. The molecule has 96 heavy (non-hydrogen) atoms. The van der Waals surface area contributed by atoms with E-state index in [1.807, 2.05) is 18.2 Å². The first kappa shape index (κ1) is 75.4.